The molecule has 92 valence electrons. The van der Waals surface area contributed by atoms with Gasteiger partial charge in [-0.25, -0.2) is 10.4 Å². The number of hydrazine groups is 1. The number of hydrogen-bond acceptors (Lipinski definition) is 4. The molecule has 0 radical (unpaired) electrons. The molecule has 1 aliphatic carbocycles. The highest BCUT2D eigenvalue weighted by Crippen LogP contribution is 2.37. The van der Waals surface area contributed by atoms with Gasteiger partial charge in [0.05, 0.1) is 5.37 Å². The van der Waals surface area contributed by atoms with Crippen LogP contribution in [-0.4, -0.2) is 22.9 Å². The van der Waals surface area contributed by atoms with Crippen molar-refractivity contribution >= 4 is 11.8 Å². The van der Waals surface area contributed by atoms with Gasteiger partial charge < -0.3 is 5.73 Å². The maximum Gasteiger partial charge on any atom is 0.117 e. The second-order valence-corrected chi connectivity index (χ2v) is 4.99. The lowest BCUT2D eigenvalue weighted by molar-refractivity contribution is 0.194. The molecule has 0 aromatic carbocycles. The lowest BCUT2D eigenvalue weighted by Crippen LogP contribution is -2.40. The van der Waals surface area contributed by atoms with E-state index in [9.17, 15) is 0 Å². The minimum absolute atomic E-state index is 0. The van der Waals surface area contributed by atoms with Crippen molar-refractivity contribution in [2.45, 2.75) is 57.8 Å². The topological polar surface area (TPSA) is 41.3 Å². The standard InChI is InChI=1S/C8H17N3S.C2H6.CH4/c1-11-7(12-8(9)10-11)6-4-2-3-5-6;1-2;/h6-8,10H,2-5,9H2,1H3;1-2H3;1H4. The van der Waals surface area contributed by atoms with Crippen molar-refractivity contribution in [3.8, 4) is 0 Å². The highest BCUT2D eigenvalue weighted by molar-refractivity contribution is 8.00. The van der Waals surface area contributed by atoms with Crippen molar-refractivity contribution in [1.29, 1.82) is 0 Å². The van der Waals surface area contributed by atoms with E-state index >= 15 is 0 Å². The van der Waals surface area contributed by atoms with E-state index in [2.05, 4.69) is 17.5 Å². The van der Waals surface area contributed by atoms with E-state index in [4.69, 9.17) is 5.73 Å². The average molecular weight is 233 g/mol. The first-order valence-electron chi connectivity index (χ1n) is 5.67. The fraction of sp³-hybridized carbons (Fsp3) is 1.00. The molecule has 4 heteroatoms. The van der Waals surface area contributed by atoms with Gasteiger partial charge in [0, 0.05) is 7.05 Å². The van der Waals surface area contributed by atoms with Crippen LogP contribution in [0.1, 0.15) is 47.0 Å². The van der Waals surface area contributed by atoms with E-state index in [0.717, 1.165) is 5.92 Å². The molecule has 1 saturated carbocycles. The summed E-state index contributed by atoms with van der Waals surface area (Å²) in [7, 11) is 2.10. The van der Waals surface area contributed by atoms with Crippen molar-refractivity contribution in [1.82, 2.24) is 10.4 Å². The summed E-state index contributed by atoms with van der Waals surface area (Å²) >= 11 is 1.86. The van der Waals surface area contributed by atoms with Crippen LogP contribution in [-0.2, 0) is 0 Å². The van der Waals surface area contributed by atoms with Crippen molar-refractivity contribution in [3.05, 3.63) is 0 Å². The van der Waals surface area contributed by atoms with E-state index < -0.39 is 0 Å². The molecule has 0 amide bonds. The summed E-state index contributed by atoms with van der Waals surface area (Å²) < 4.78 is 0. The third-order valence-electron chi connectivity index (χ3n) is 2.80. The lowest BCUT2D eigenvalue weighted by atomic mass is 10.1. The number of nitrogens with one attached hydrogen (secondary N) is 1. The Morgan fingerprint density at radius 2 is 1.80 bits per heavy atom. The summed E-state index contributed by atoms with van der Waals surface area (Å²) in [4.78, 5) is 0. The molecule has 1 aliphatic heterocycles. The van der Waals surface area contributed by atoms with Gasteiger partial charge in [0.2, 0.25) is 0 Å². The van der Waals surface area contributed by atoms with Crippen LogP contribution in [0, 0.1) is 5.92 Å². The molecule has 2 fully saturated rings. The molecular formula is C11H27N3S. The maximum atomic E-state index is 5.79. The van der Waals surface area contributed by atoms with Gasteiger partial charge in [-0.2, -0.15) is 0 Å². The monoisotopic (exact) mass is 233 g/mol. The molecule has 2 atom stereocenters. The molecule has 1 saturated heterocycles. The Hall–Kier alpha value is 0.230. The van der Waals surface area contributed by atoms with Crippen LogP contribution in [0.2, 0.25) is 0 Å². The quantitative estimate of drug-likeness (QED) is 0.730. The van der Waals surface area contributed by atoms with Gasteiger partial charge in [0.25, 0.3) is 0 Å². The number of hydrogen-bond donors (Lipinski definition) is 2. The van der Waals surface area contributed by atoms with Crippen LogP contribution in [0.5, 0.6) is 0 Å². The van der Waals surface area contributed by atoms with Gasteiger partial charge in [0.15, 0.2) is 0 Å². The summed E-state index contributed by atoms with van der Waals surface area (Å²) in [5, 5.41) is 2.80. The van der Waals surface area contributed by atoms with Crippen molar-refractivity contribution < 1.29 is 0 Å². The second-order valence-electron chi connectivity index (χ2n) is 3.73. The highest BCUT2D eigenvalue weighted by atomic mass is 32.2. The molecule has 2 aliphatic rings. The average Bonchev–Trinajstić information content (AvgIpc) is 2.78. The Bertz CT molecular complexity index is 160. The molecule has 3 nitrogen and oxygen atoms in total. The zero-order valence-electron chi connectivity index (χ0n) is 9.49. The Balaban J connectivity index is 0.000000617. The summed E-state index contributed by atoms with van der Waals surface area (Å²) in [6, 6.07) is 0. The fourth-order valence-corrected chi connectivity index (χ4v) is 3.48. The number of rotatable bonds is 1. The zero-order chi connectivity index (χ0) is 10.6. The van der Waals surface area contributed by atoms with Gasteiger partial charge in [0.1, 0.15) is 5.50 Å². The SMILES string of the molecule is C.CC.CN1NC(N)SC1C1CCCC1. The Labute approximate surface area is 99.1 Å². The molecule has 2 rings (SSSR count). The van der Waals surface area contributed by atoms with E-state index in [-0.39, 0.29) is 12.9 Å². The van der Waals surface area contributed by atoms with E-state index in [0.29, 0.717) is 5.37 Å². The Morgan fingerprint density at radius 3 is 2.20 bits per heavy atom. The number of thioether (sulfide) groups is 1. The van der Waals surface area contributed by atoms with Crippen LogP contribution in [0.4, 0.5) is 0 Å². The van der Waals surface area contributed by atoms with Crippen LogP contribution >= 0.6 is 11.8 Å². The molecule has 0 aromatic rings. The van der Waals surface area contributed by atoms with Gasteiger partial charge in [-0.1, -0.05) is 34.1 Å². The van der Waals surface area contributed by atoms with Gasteiger partial charge >= 0.3 is 0 Å². The predicted molar refractivity (Wildman–Crippen MR) is 70.3 cm³/mol. The fourth-order valence-electron chi connectivity index (χ4n) is 2.22. The van der Waals surface area contributed by atoms with Gasteiger partial charge in [-0.05, 0) is 18.8 Å². The van der Waals surface area contributed by atoms with Crippen LogP contribution < -0.4 is 11.2 Å². The summed E-state index contributed by atoms with van der Waals surface area (Å²) in [5.41, 5.74) is 9.12. The summed E-state index contributed by atoms with van der Waals surface area (Å²) in [6.07, 6.45) is 5.59. The summed E-state index contributed by atoms with van der Waals surface area (Å²) in [5.74, 6) is 0.862. The minimum Gasteiger partial charge on any atom is -0.306 e. The van der Waals surface area contributed by atoms with Crippen molar-refractivity contribution in [3.63, 3.8) is 0 Å². The lowest BCUT2D eigenvalue weighted by Gasteiger charge is -2.23. The summed E-state index contributed by atoms with van der Waals surface area (Å²) in [6.45, 7) is 4.00. The van der Waals surface area contributed by atoms with Gasteiger partial charge in [-0.15, -0.1) is 11.8 Å². The number of nitrogens with two attached hydrogens (primary N) is 1. The first-order chi connectivity index (χ1) is 6.77. The molecule has 0 spiro atoms. The Kier molecular flexibility index (Phi) is 7.61. The largest absolute Gasteiger partial charge is 0.306 e. The van der Waals surface area contributed by atoms with Gasteiger partial charge in [-0.3, -0.25) is 0 Å². The molecule has 0 aromatic heterocycles. The first-order valence-corrected chi connectivity index (χ1v) is 6.62. The van der Waals surface area contributed by atoms with Crippen LogP contribution in [0.15, 0.2) is 0 Å². The predicted octanol–water partition coefficient (Wildman–Crippen LogP) is 2.59. The smallest absolute Gasteiger partial charge is 0.117 e. The molecule has 3 N–H and O–H groups in total. The van der Waals surface area contributed by atoms with E-state index in [1.54, 1.807) is 0 Å². The molecule has 0 bridgehead atoms. The third-order valence-corrected chi connectivity index (χ3v) is 4.18. The van der Waals surface area contributed by atoms with Crippen molar-refractivity contribution in [2.75, 3.05) is 7.05 Å². The second kappa shape index (κ2) is 7.49. The normalized spacial score (nSPS) is 32.0. The minimum atomic E-state index is 0. The van der Waals surface area contributed by atoms with Crippen molar-refractivity contribution in [2.24, 2.45) is 11.7 Å². The van der Waals surface area contributed by atoms with E-state index in [1.165, 1.54) is 25.7 Å². The molecule has 15 heavy (non-hydrogen) atoms. The highest BCUT2D eigenvalue weighted by Gasteiger charge is 2.35. The third kappa shape index (κ3) is 3.94. The maximum absolute atomic E-state index is 5.79. The Morgan fingerprint density at radius 1 is 1.27 bits per heavy atom. The van der Waals surface area contributed by atoms with Crippen LogP contribution in [0.25, 0.3) is 0 Å². The van der Waals surface area contributed by atoms with Crippen LogP contribution in [0.3, 0.4) is 0 Å². The first kappa shape index (κ1) is 15.2. The molecular weight excluding hydrogens is 206 g/mol. The van der Waals surface area contributed by atoms with E-state index in [1.807, 2.05) is 25.6 Å². The zero-order valence-corrected chi connectivity index (χ0v) is 10.3. The molecule has 1 heterocycles. The number of nitrogens with zero attached hydrogens (tertiary/aromatic N) is 1. The molecule has 2 unspecified atom stereocenters.